The first kappa shape index (κ1) is 13.7. The van der Waals surface area contributed by atoms with Gasteiger partial charge in [-0.3, -0.25) is 4.79 Å². The van der Waals surface area contributed by atoms with Crippen molar-refractivity contribution in [3.05, 3.63) is 36.0 Å². The number of aliphatic carboxylic acids is 1. The van der Waals surface area contributed by atoms with Gasteiger partial charge in [0.15, 0.2) is 0 Å². The highest BCUT2D eigenvalue weighted by Crippen LogP contribution is 2.30. The number of nitrogens with zero attached hydrogens (tertiary/aromatic N) is 1. The first-order chi connectivity index (χ1) is 10.1. The molecule has 5 heteroatoms. The summed E-state index contributed by atoms with van der Waals surface area (Å²) in [6.45, 7) is 1.58. The number of amides is 1. The standard InChI is InChI=1S/C16H18N2O3/c1-10(16(20)21)18(12-6-7-12)15(19)8-11-9-17-14-5-3-2-4-13(11)14/h2-5,9-10,12,17H,6-8H2,1H3,(H,20,21). The molecule has 1 unspecified atom stereocenters. The van der Waals surface area contributed by atoms with E-state index in [2.05, 4.69) is 4.98 Å². The summed E-state index contributed by atoms with van der Waals surface area (Å²) in [7, 11) is 0. The molecule has 21 heavy (non-hydrogen) atoms. The maximum Gasteiger partial charge on any atom is 0.326 e. The molecule has 0 aliphatic heterocycles. The van der Waals surface area contributed by atoms with E-state index in [9.17, 15) is 14.7 Å². The lowest BCUT2D eigenvalue weighted by Gasteiger charge is -2.26. The number of carbonyl (C=O) groups is 2. The van der Waals surface area contributed by atoms with Crippen molar-refractivity contribution in [2.24, 2.45) is 0 Å². The van der Waals surface area contributed by atoms with Gasteiger partial charge in [-0.2, -0.15) is 0 Å². The number of H-pyrrole nitrogens is 1. The lowest BCUT2D eigenvalue weighted by Crippen LogP contribution is -2.45. The number of carbonyl (C=O) groups excluding carboxylic acids is 1. The second kappa shape index (κ2) is 5.24. The molecule has 0 radical (unpaired) electrons. The Morgan fingerprint density at radius 3 is 2.76 bits per heavy atom. The highest BCUT2D eigenvalue weighted by atomic mass is 16.4. The van der Waals surface area contributed by atoms with E-state index in [-0.39, 0.29) is 18.4 Å². The Morgan fingerprint density at radius 2 is 2.10 bits per heavy atom. The van der Waals surface area contributed by atoms with E-state index < -0.39 is 12.0 Å². The summed E-state index contributed by atoms with van der Waals surface area (Å²) in [5.74, 6) is -1.06. The molecule has 1 heterocycles. The van der Waals surface area contributed by atoms with Crippen LogP contribution in [0.2, 0.25) is 0 Å². The fourth-order valence-electron chi connectivity index (χ4n) is 2.74. The molecule has 2 N–H and O–H groups in total. The van der Waals surface area contributed by atoms with E-state index in [1.165, 1.54) is 4.90 Å². The Bertz CT molecular complexity index is 688. The predicted octanol–water partition coefficient (Wildman–Crippen LogP) is 2.17. The Balaban J connectivity index is 1.82. The first-order valence-corrected chi connectivity index (χ1v) is 7.17. The van der Waals surface area contributed by atoms with Crippen molar-refractivity contribution in [1.82, 2.24) is 9.88 Å². The molecule has 3 rings (SSSR count). The number of nitrogens with one attached hydrogen (secondary N) is 1. The third-order valence-corrected chi connectivity index (χ3v) is 4.02. The van der Waals surface area contributed by atoms with Gasteiger partial charge in [0.1, 0.15) is 6.04 Å². The minimum absolute atomic E-state index is 0.0915. The van der Waals surface area contributed by atoms with Gasteiger partial charge < -0.3 is 15.0 Å². The number of rotatable bonds is 5. The number of carboxylic acids is 1. The molecule has 1 aromatic heterocycles. The van der Waals surface area contributed by atoms with Crippen molar-refractivity contribution in [1.29, 1.82) is 0 Å². The van der Waals surface area contributed by atoms with Gasteiger partial charge in [0.05, 0.1) is 6.42 Å². The topological polar surface area (TPSA) is 73.4 Å². The van der Waals surface area contributed by atoms with Crippen molar-refractivity contribution >= 4 is 22.8 Å². The van der Waals surface area contributed by atoms with Crippen LogP contribution in [-0.2, 0) is 16.0 Å². The van der Waals surface area contributed by atoms with Crippen LogP contribution in [0, 0.1) is 0 Å². The van der Waals surface area contributed by atoms with Crippen LogP contribution in [0.1, 0.15) is 25.3 Å². The van der Waals surface area contributed by atoms with Crippen molar-refractivity contribution < 1.29 is 14.7 Å². The number of para-hydroxylation sites is 1. The second-order valence-electron chi connectivity index (χ2n) is 5.58. The van der Waals surface area contributed by atoms with Crippen LogP contribution in [0.4, 0.5) is 0 Å². The Labute approximate surface area is 122 Å². The van der Waals surface area contributed by atoms with Crippen LogP contribution in [0.3, 0.4) is 0 Å². The molecule has 2 aromatic rings. The van der Waals surface area contributed by atoms with E-state index in [0.717, 1.165) is 29.3 Å². The average molecular weight is 286 g/mol. The molecule has 1 aliphatic rings. The van der Waals surface area contributed by atoms with Gasteiger partial charge in [-0.05, 0) is 31.4 Å². The minimum Gasteiger partial charge on any atom is -0.480 e. The zero-order valence-corrected chi connectivity index (χ0v) is 11.9. The molecule has 1 fully saturated rings. The van der Waals surface area contributed by atoms with Crippen LogP contribution >= 0.6 is 0 Å². The number of aromatic amines is 1. The second-order valence-corrected chi connectivity index (χ2v) is 5.58. The normalized spacial score (nSPS) is 15.9. The number of hydrogen-bond acceptors (Lipinski definition) is 2. The van der Waals surface area contributed by atoms with Crippen LogP contribution in [0.15, 0.2) is 30.5 Å². The Hall–Kier alpha value is -2.30. The predicted molar refractivity (Wildman–Crippen MR) is 79.0 cm³/mol. The minimum atomic E-state index is -0.950. The number of hydrogen-bond donors (Lipinski definition) is 2. The fraction of sp³-hybridized carbons (Fsp3) is 0.375. The number of aromatic nitrogens is 1. The molecular weight excluding hydrogens is 268 g/mol. The molecule has 1 saturated carbocycles. The molecule has 5 nitrogen and oxygen atoms in total. The molecule has 110 valence electrons. The third-order valence-electron chi connectivity index (χ3n) is 4.02. The fourth-order valence-corrected chi connectivity index (χ4v) is 2.74. The molecule has 0 spiro atoms. The van der Waals surface area contributed by atoms with Crippen molar-refractivity contribution in [3.63, 3.8) is 0 Å². The lowest BCUT2D eigenvalue weighted by molar-refractivity contribution is -0.149. The van der Waals surface area contributed by atoms with E-state index in [1.54, 1.807) is 6.92 Å². The first-order valence-electron chi connectivity index (χ1n) is 7.17. The van der Waals surface area contributed by atoms with Gasteiger partial charge in [-0.1, -0.05) is 18.2 Å². The Morgan fingerprint density at radius 1 is 1.38 bits per heavy atom. The molecular formula is C16H18N2O3. The molecule has 0 saturated heterocycles. The molecule has 1 atom stereocenters. The summed E-state index contributed by atoms with van der Waals surface area (Å²) >= 11 is 0. The van der Waals surface area contributed by atoms with Crippen LogP contribution in [-0.4, -0.2) is 39.0 Å². The van der Waals surface area contributed by atoms with Crippen LogP contribution in [0.5, 0.6) is 0 Å². The van der Waals surface area contributed by atoms with Gasteiger partial charge >= 0.3 is 5.97 Å². The Kier molecular flexibility index (Phi) is 3.41. The number of carboxylic acid groups (broad SMARTS) is 1. The van der Waals surface area contributed by atoms with Crippen LogP contribution < -0.4 is 0 Å². The van der Waals surface area contributed by atoms with Crippen molar-refractivity contribution in [3.8, 4) is 0 Å². The third kappa shape index (κ3) is 2.63. The summed E-state index contributed by atoms with van der Waals surface area (Å²) in [6, 6.07) is 7.12. The molecule has 1 aromatic carbocycles. The summed E-state index contributed by atoms with van der Waals surface area (Å²) in [4.78, 5) is 28.4. The summed E-state index contributed by atoms with van der Waals surface area (Å²) < 4.78 is 0. The van der Waals surface area contributed by atoms with Crippen molar-refractivity contribution in [2.45, 2.75) is 38.3 Å². The van der Waals surface area contributed by atoms with Crippen LogP contribution in [0.25, 0.3) is 10.9 Å². The monoisotopic (exact) mass is 286 g/mol. The quantitative estimate of drug-likeness (QED) is 0.884. The summed E-state index contributed by atoms with van der Waals surface area (Å²) in [5.41, 5.74) is 1.91. The molecule has 0 bridgehead atoms. The summed E-state index contributed by atoms with van der Waals surface area (Å²) in [6.07, 6.45) is 3.87. The summed E-state index contributed by atoms with van der Waals surface area (Å²) in [5, 5.41) is 10.2. The van der Waals surface area contributed by atoms with Gasteiger partial charge in [-0.25, -0.2) is 4.79 Å². The maximum atomic E-state index is 12.5. The zero-order chi connectivity index (χ0) is 15.0. The highest BCUT2D eigenvalue weighted by Gasteiger charge is 2.38. The van der Waals surface area contributed by atoms with Gasteiger partial charge in [-0.15, -0.1) is 0 Å². The van der Waals surface area contributed by atoms with E-state index in [1.807, 2.05) is 30.5 Å². The van der Waals surface area contributed by atoms with E-state index in [4.69, 9.17) is 0 Å². The zero-order valence-electron chi connectivity index (χ0n) is 11.9. The number of fused-ring (bicyclic) bond motifs is 1. The van der Waals surface area contributed by atoms with Gasteiger partial charge in [0.25, 0.3) is 0 Å². The largest absolute Gasteiger partial charge is 0.480 e. The van der Waals surface area contributed by atoms with Gasteiger partial charge in [0, 0.05) is 23.1 Å². The van der Waals surface area contributed by atoms with Crippen molar-refractivity contribution in [2.75, 3.05) is 0 Å². The van der Waals surface area contributed by atoms with Gasteiger partial charge in [0.2, 0.25) is 5.91 Å². The SMILES string of the molecule is CC(C(=O)O)N(C(=O)Cc1c[nH]c2ccccc12)C1CC1. The average Bonchev–Trinajstić information content (AvgIpc) is 3.21. The van der Waals surface area contributed by atoms with E-state index in [0.29, 0.717) is 0 Å². The molecule has 1 amide bonds. The van der Waals surface area contributed by atoms with E-state index >= 15 is 0 Å². The highest BCUT2D eigenvalue weighted by molar-refractivity contribution is 5.90. The smallest absolute Gasteiger partial charge is 0.326 e. The molecule has 1 aliphatic carbocycles. The number of benzene rings is 1. The lowest BCUT2D eigenvalue weighted by atomic mass is 10.1. The maximum absolute atomic E-state index is 12.5.